The van der Waals surface area contributed by atoms with Crippen LogP contribution in [0.3, 0.4) is 0 Å². The van der Waals surface area contributed by atoms with E-state index >= 15 is 0 Å². The molecule has 0 bridgehead atoms. The van der Waals surface area contributed by atoms with E-state index in [9.17, 15) is 5.11 Å². The molecule has 0 radical (unpaired) electrons. The molecule has 0 aliphatic heterocycles. The van der Waals surface area contributed by atoms with Gasteiger partial charge in [-0.3, -0.25) is 0 Å². The number of rotatable bonds is 3. The van der Waals surface area contributed by atoms with Crippen molar-refractivity contribution in [2.24, 2.45) is 40.4 Å². The average Bonchev–Trinajstić information content (AvgIpc) is 3.07. The average molecular weight is 377 g/mol. The molecule has 154 valence electrons. The van der Waals surface area contributed by atoms with Gasteiger partial charge in [0.2, 0.25) is 0 Å². The molecule has 0 aromatic rings. The number of fused-ring (bicyclic) bond motifs is 4. The molecule has 0 aromatic heterocycles. The molecule has 0 aromatic carbocycles. The van der Waals surface area contributed by atoms with Crippen LogP contribution >= 0.6 is 0 Å². The monoisotopic (exact) mass is 376 g/mol. The lowest BCUT2D eigenvalue weighted by molar-refractivity contribution is -0.163. The fraction of sp³-hybridized carbons (Fsp3) is 1.00. The molecule has 1 N–H and O–H groups in total. The second-order valence-corrected chi connectivity index (χ2v) is 11.0. The first-order valence-electron chi connectivity index (χ1n) is 11.9. The van der Waals surface area contributed by atoms with Gasteiger partial charge in [0.05, 0.1) is 12.2 Å². The minimum absolute atomic E-state index is 0.000554. The molecule has 0 heterocycles. The van der Waals surface area contributed by atoms with E-state index in [-0.39, 0.29) is 6.10 Å². The first kappa shape index (κ1) is 18.9. The Morgan fingerprint density at radius 2 is 1.74 bits per heavy atom. The molecule has 3 heteroatoms. The van der Waals surface area contributed by atoms with Gasteiger partial charge in [-0.25, -0.2) is 0 Å². The van der Waals surface area contributed by atoms with Crippen molar-refractivity contribution in [3.63, 3.8) is 0 Å². The van der Waals surface area contributed by atoms with Gasteiger partial charge in [-0.1, -0.05) is 13.3 Å². The molecule has 3 nitrogen and oxygen atoms in total. The van der Waals surface area contributed by atoms with Crippen LogP contribution in [0.2, 0.25) is 0 Å². The van der Waals surface area contributed by atoms with Gasteiger partial charge in [0.15, 0.2) is 0 Å². The number of ether oxygens (including phenoxy) is 2. The van der Waals surface area contributed by atoms with Crippen LogP contribution in [0.1, 0.15) is 84.0 Å². The molecular formula is C24H40O3. The van der Waals surface area contributed by atoms with Gasteiger partial charge in [0.25, 0.3) is 0 Å². The van der Waals surface area contributed by atoms with E-state index in [1.165, 1.54) is 70.6 Å². The molecule has 5 rings (SSSR count). The van der Waals surface area contributed by atoms with Crippen molar-refractivity contribution >= 4 is 0 Å². The molecule has 0 saturated heterocycles. The van der Waals surface area contributed by atoms with Crippen LogP contribution in [-0.4, -0.2) is 31.2 Å². The highest BCUT2D eigenvalue weighted by atomic mass is 16.7. The lowest BCUT2D eigenvalue weighted by atomic mass is 9.43. The third kappa shape index (κ3) is 2.78. The van der Waals surface area contributed by atoms with Gasteiger partial charge in [-0.15, -0.1) is 0 Å². The first-order chi connectivity index (χ1) is 13.1. The number of aliphatic hydroxyl groups is 1. The third-order valence-corrected chi connectivity index (χ3v) is 10.4. The molecule has 1 unspecified atom stereocenters. The molecule has 5 fully saturated rings. The van der Waals surface area contributed by atoms with E-state index in [2.05, 4.69) is 6.92 Å². The van der Waals surface area contributed by atoms with E-state index in [1.54, 1.807) is 7.11 Å². The Bertz CT molecular complexity index is 550. The molecule has 27 heavy (non-hydrogen) atoms. The fourth-order valence-corrected chi connectivity index (χ4v) is 9.30. The SMILES string of the molecule is COCO[C@@H]1CC[C@@]2(C)[C@@H](CC[C@H]3[C@@H]4CC[C@@H]5[C@H](O)CCCC54CC[C@@H]32)C1. The molecule has 1 spiro atoms. The zero-order valence-corrected chi connectivity index (χ0v) is 17.5. The zero-order valence-electron chi connectivity index (χ0n) is 17.5. The van der Waals surface area contributed by atoms with E-state index < -0.39 is 0 Å². The number of methoxy groups -OCH3 is 1. The van der Waals surface area contributed by atoms with Crippen LogP contribution in [0.25, 0.3) is 0 Å². The van der Waals surface area contributed by atoms with E-state index in [0.29, 0.717) is 29.6 Å². The molecule has 9 atom stereocenters. The second kappa shape index (κ2) is 6.99. The van der Waals surface area contributed by atoms with Crippen LogP contribution in [0.4, 0.5) is 0 Å². The Balaban J connectivity index is 1.35. The van der Waals surface area contributed by atoms with Crippen molar-refractivity contribution in [1.29, 1.82) is 0 Å². The minimum atomic E-state index is 0.000554. The molecule has 0 amide bonds. The molecule has 5 aliphatic rings. The van der Waals surface area contributed by atoms with Crippen molar-refractivity contribution in [3.8, 4) is 0 Å². The van der Waals surface area contributed by atoms with Crippen LogP contribution in [0.5, 0.6) is 0 Å². The van der Waals surface area contributed by atoms with E-state index in [4.69, 9.17) is 9.47 Å². The molecule has 5 saturated carbocycles. The normalized spacial score (nSPS) is 54.6. The Hall–Kier alpha value is -0.120. The van der Waals surface area contributed by atoms with Gasteiger partial charge >= 0.3 is 0 Å². The Labute approximate surface area is 165 Å². The summed E-state index contributed by atoms with van der Waals surface area (Å²) in [6.07, 6.45) is 16.4. The summed E-state index contributed by atoms with van der Waals surface area (Å²) in [5.41, 5.74) is 1.05. The summed E-state index contributed by atoms with van der Waals surface area (Å²) in [5.74, 6) is 4.25. The third-order valence-electron chi connectivity index (χ3n) is 10.4. The quantitative estimate of drug-likeness (QED) is 0.692. The lowest BCUT2D eigenvalue weighted by Crippen LogP contribution is -2.56. The summed E-state index contributed by atoms with van der Waals surface area (Å²) >= 11 is 0. The summed E-state index contributed by atoms with van der Waals surface area (Å²) in [6, 6.07) is 0. The summed E-state index contributed by atoms with van der Waals surface area (Å²) in [4.78, 5) is 0. The highest BCUT2D eigenvalue weighted by Crippen LogP contribution is 2.70. The first-order valence-corrected chi connectivity index (χ1v) is 11.9. The smallest absolute Gasteiger partial charge is 0.146 e. The van der Waals surface area contributed by atoms with Crippen molar-refractivity contribution in [1.82, 2.24) is 0 Å². The van der Waals surface area contributed by atoms with Crippen molar-refractivity contribution in [2.75, 3.05) is 13.9 Å². The lowest BCUT2D eigenvalue weighted by Gasteiger charge is -2.62. The Morgan fingerprint density at radius 1 is 0.889 bits per heavy atom. The van der Waals surface area contributed by atoms with Crippen LogP contribution in [0.15, 0.2) is 0 Å². The standard InChI is InChI=1S/C24H40O3/c1-23-12-9-17(27-15-26-2)14-16(23)5-6-18-19(23)10-13-24-11-3-4-22(25)21(24)8-7-20(18)24/h16-22,25H,3-15H2,1-2H3/t16-,17+,18+,19-,20-,21+,22+,23-,24?/m0/s1. The zero-order chi connectivity index (χ0) is 18.6. The minimum Gasteiger partial charge on any atom is -0.393 e. The maximum absolute atomic E-state index is 10.7. The summed E-state index contributed by atoms with van der Waals surface area (Å²) in [7, 11) is 1.73. The van der Waals surface area contributed by atoms with Crippen molar-refractivity contribution in [2.45, 2.75) is 96.2 Å². The van der Waals surface area contributed by atoms with Crippen LogP contribution < -0.4 is 0 Å². The van der Waals surface area contributed by atoms with Gasteiger partial charge in [-0.2, -0.15) is 0 Å². The maximum Gasteiger partial charge on any atom is 0.146 e. The Kier molecular flexibility index (Phi) is 4.89. The number of aliphatic hydroxyl groups excluding tert-OH is 1. The topological polar surface area (TPSA) is 38.7 Å². The van der Waals surface area contributed by atoms with Crippen molar-refractivity contribution in [3.05, 3.63) is 0 Å². The van der Waals surface area contributed by atoms with Crippen LogP contribution in [-0.2, 0) is 9.47 Å². The number of hydrogen-bond acceptors (Lipinski definition) is 3. The highest BCUT2D eigenvalue weighted by Gasteiger charge is 2.63. The van der Waals surface area contributed by atoms with E-state index in [1.807, 2.05) is 0 Å². The maximum atomic E-state index is 10.7. The molecule has 5 aliphatic carbocycles. The molecular weight excluding hydrogens is 336 g/mol. The van der Waals surface area contributed by atoms with Gasteiger partial charge in [0, 0.05) is 7.11 Å². The highest BCUT2D eigenvalue weighted by molar-refractivity contribution is 5.12. The van der Waals surface area contributed by atoms with Crippen molar-refractivity contribution < 1.29 is 14.6 Å². The van der Waals surface area contributed by atoms with E-state index in [0.717, 1.165) is 30.1 Å². The van der Waals surface area contributed by atoms with Gasteiger partial charge < -0.3 is 14.6 Å². The number of hydrogen-bond donors (Lipinski definition) is 1. The second-order valence-electron chi connectivity index (χ2n) is 11.0. The predicted octanol–water partition coefficient (Wildman–Crippen LogP) is 5.16. The predicted molar refractivity (Wildman–Crippen MR) is 106 cm³/mol. The van der Waals surface area contributed by atoms with Gasteiger partial charge in [-0.05, 0) is 111 Å². The largest absolute Gasteiger partial charge is 0.393 e. The van der Waals surface area contributed by atoms with Gasteiger partial charge in [0.1, 0.15) is 6.79 Å². The Morgan fingerprint density at radius 3 is 2.59 bits per heavy atom. The summed E-state index contributed by atoms with van der Waals surface area (Å²) < 4.78 is 11.1. The summed E-state index contributed by atoms with van der Waals surface area (Å²) in [5, 5.41) is 10.7. The summed E-state index contributed by atoms with van der Waals surface area (Å²) in [6.45, 7) is 3.09. The fourth-order valence-electron chi connectivity index (χ4n) is 9.30. The van der Waals surface area contributed by atoms with Crippen LogP contribution in [0, 0.1) is 40.4 Å².